The standard InChI is InChI=1S/C11H14O3.C8H14O3.C7H12O3/c1-9(12)11(2,13)8-14-10-6-4-3-5-7-10;1-4-7(10)8(11,5-2)6(3)9;1-6(8)7(9)3-2-4-10-5-7/h3-7,13H,8H2,1-2H3;11H,4-5H2,1-3H3;9H,2-5H2,1H3. The van der Waals surface area contributed by atoms with Crippen molar-refractivity contribution < 1.29 is 44.0 Å². The number of hydrogen-bond acceptors (Lipinski definition) is 9. The van der Waals surface area contributed by atoms with Crippen molar-refractivity contribution in [1.29, 1.82) is 0 Å². The minimum atomic E-state index is -1.73. The van der Waals surface area contributed by atoms with Gasteiger partial charge in [-0.25, -0.2) is 0 Å². The molecule has 1 aromatic rings. The van der Waals surface area contributed by atoms with Gasteiger partial charge in [-0.1, -0.05) is 32.0 Å². The van der Waals surface area contributed by atoms with Gasteiger partial charge in [-0.15, -0.1) is 0 Å². The molecule has 198 valence electrons. The lowest BCUT2D eigenvalue weighted by molar-refractivity contribution is -0.150. The van der Waals surface area contributed by atoms with Crippen LogP contribution >= 0.6 is 0 Å². The summed E-state index contributed by atoms with van der Waals surface area (Å²) in [6.45, 7) is 9.48. The van der Waals surface area contributed by atoms with Crippen LogP contribution in [-0.4, -0.2) is 75.1 Å². The van der Waals surface area contributed by atoms with Crippen molar-refractivity contribution in [3.8, 4) is 5.75 Å². The average Bonchev–Trinajstić information content (AvgIpc) is 2.83. The largest absolute Gasteiger partial charge is 0.490 e. The average molecular weight is 497 g/mol. The van der Waals surface area contributed by atoms with E-state index in [1.165, 1.54) is 27.7 Å². The zero-order valence-electron chi connectivity index (χ0n) is 21.6. The zero-order chi connectivity index (χ0) is 27.3. The summed E-state index contributed by atoms with van der Waals surface area (Å²) in [6.07, 6.45) is 1.68. The number of Topliss-reactive ketones (excluding diaryl/α,β-unsaturated/α-hetero) is 4. The molecule has 0 bridgehead atoms. The van der Waals surface area contributed by atoms with E-state index in [9.17, 15) is 34.5 Å². The number of aliphatic hydroxyl groups is 3. The van der Waals surface area contributed by atoms with Gasteiger partial charge in [0.05, 0.1) is 6.61 Å². The van der Waals surface area contributed by atoms with E-state index in [0.29, 0.717) is 18.8 Å². The summed E-state index contributed by atoms with van der Waals surface area (Å²) in [5.41, 5.74) is -4.32. The molecule has 35 heavy (non-hydrogen) atoms. The molecule has 9 heteroatoms. The van der Waals surface area contributed by atoms with E-state index in [4.69, 9.17) is 9.47 Å². The molecule has 3 atom stereocenters. The topological polar surface area (TPSA) is 147 Å². The maximum Gasteiger partial charge on any atom is 0.180 e. The quantitative estimate of drug-likeness (QED) is 0.438. The third-order valence-electron chi connectivity index (χ3n) is 5.77. The smallest absolute Gasteiger partial charge is 0.180 e. The van der Waals surface area contributed by atoms with E-state index in [1.54, 1.807) is 26.0 Å². The lowest BCUT2D eigenvalue weighted by Crippen LogP contribution is -2.44. The Morgan fingerprint density at radius 1 is 1.03 bits per heavy atom. The first-order valence-electron chi connectivity index (χ1n) is 11.7. The molecule has 0 saturated carbocycles. The highest BCUT2D eigenvalue weighted by atomic mass is 16.5. The SMILES string of the molecule is CC(=O)C(C)(O)COc1ccccc1.CC(=O)C1(O)CCCOC1.CCC(=O)C(O)(CC)C(C)=O. The van der Waals surface area contributed by atoms with Gasteiger partial charge in [0.2, 0.25) is 0 Å². The Hall–Kier alpha value is -2.46. The zero-order valence-corrected chi connectivity index (χ0v) is 21.6. The molecule has 0 aliphatic carbocycles. The van der Waals surface area contributed by atoms with Gasteiger partial charge in [0.15, 0.2) is 34.3 Å². The van der Waals surface area contributed by atoms with Gasteiger partial charge in [0.1, 0.15) is 18.0 Å². The van der Waals surface area contributed by atoms with Crippen LogP contribution in [0.15, 0.2) is 30.3 Å². The van der Waals surface area contributed by atoms with Crippen molar-refractivity contribution in [3.63, 3.8) is 0 Å². The molecule has 1 aliphatic heterocycles. The van der Waals surface area contributed by atoms with E-state index in [1.807, 2.05) is 18.2 Å². The molecule has 1 heterocycles. The molecule has 3 unspecified atom stereocenters. The molecule has 3 N–H and O–H groups in total. The highest BCUT2D eigenvalue weighted by molar-refractivity contribution is 6.08. The summed E-state index contributed by atoms with van der Waals surface area (Å²) in [7, 11) is 0. The predicted octanol–water partition coefficient (Wildman–Crippen LogP) is 2.22. The molecule has 0 aromatic heterocycles. The number of para-hydroxylation sites is 1. The Labute approximate surface area is 207 Å². The molecule has 1 aromatic carbocycles. The highest BCUT2D eigenvalue weighted by Crippen LogP contribution is 2.19. The Kier molecular flexibility index (Phi) is 13.8. The van der Waals surface area contributed by atoms with Crippen LogP contribution in [0.5, 0.6) is 5.75 Å². The van der Waals surface area contributed by atoms with Crippen molar-refractivity contribution in [2.24, 2.45) is 0 Å². The maximum atomic E-state index is 11.0. The Morgan fingerprint density at radius 3 is 1.91 bits per heavy atom. The fourth-order valence-electron chi connectivity index (χ4n) is 2.83. The third-order valence-corrected chi connectivity index (χ3v) is 5.77. The molecule has 2 rings (SSSR count). The Bertz CT molecular complexity index is 826. The molecule has 9 nitrogen and oxygen atoms in total. The predicted molar refractivity (Wildman–Crippen MR) is 130 cm³/mol. The van der Waals surface area contributed by atoms with Crippen LogP contribution < -0.4 is 4.74 Å². The van der Waals surface area contributed by atoms with E-state index in [-0.39, 0.29) is 37.6 Å². The van der Waals surface area contributed by atoms with Crippen molar-refractivity contribution in [2.75, 3.05) is 19.8 Å². The van der Waals surface area contributed by atoms with Crippen LogP contribution in [0.25, 0.3) is 0 Å². The number of ketones is 4. The lowest BCUT2D eigenvalue weighted by Gasteiger charge is -2.28. The Morgan fingerprint density at radius 2 is 1.60 bits per heavy atom. The second kappa shape index (κ2) is 14.8. The van der Waals surface area contributed by atoms with Gasteiger partial charge in [-0.05, 0) is 59.1 Å². The Balaban J connectivity index is 0.000000504. The number of ether oxygens (including phenoxy) is 2. The number of hydrogen-bond donors (Lipinski definition) is 3. The van der Waals surface area contributed by atoms with Crippen molar-refractivity contribution in [3.05, 3.63) is 30.3 Å². The molecule has 1 fully saturated rings. The highest BCUT2D eigenvalue weighted by Gasteiger charge is 2.37. The number of carbonyl (C=O) groups excluding carboxylic acids is 4. The van der Waals surface area contributed by atoms with E-state index >= 15 is 0 Å². The van der Waals surface area contributed by atoms with Gasteiger partial charge in [0.25, 0.3) is 0 Å². The first-order chi connectivity index (χ1) is 16.2. The lowest BCUT2D eigenvalue weighted by atomic mass is 9.90. The van der Waals surface area contributed by atoms with Crippen LogP contribution in [0.1, 0.15) is 67.2 Å². The van der Waals surface area contributed by atoms with Gasteiger partial charge >= 0.3 is 0 Å². The summed E-state index contributed by atoms with van der Waals surface area (Å²) < 4.78 is 10.2. The van der Waals surface area contributed by atoms with E-state index in [0.717, 1.165) is 6.42 Å². The number of rotatable bonds is 9. The summed E-state index contributed by atoms with van der Waals surface area (Å²) >= 11 is 0. The second-order valence-corrected chi connectivity index (χ2v) is 8.72. The normalized spacial score (nSPS) is 20.4. The van der Waals surface area contributed by atoms with Crippen LogP contribution in [-0.2, 0) is 23.9 Å². The first kappa shape index (κ1) is 32.5. The van der Waals surface area contributed by atoms with Gasteiger partial charge < -0.3 is 24.8 Å². The van der Waals surface area contributed by atoms with Crippen LogP contribution in [0.4, 0.5) is 0 Å². The van der Waals surface area contributed by atoms with Crippen molar-refractivity contribution >= 4 is 23.1 Å². The summed E-state index contributed by atoms with van der Waals surface area (Å²) in [5, 5.41) is 28.5. The van der Waals surface area contributed by atoms with E-state index in [2.05, 4.69) is 0 Å². The van der Waals surface area contributed by atoms with Crippen LogP contribution in [0, 0.1) is 0 Å². The molecular weight excluding hydrogens is 456 g/mol. The summed E-state index contributed by atoms with van der Waals surface area (Å²) in [6, 6.07) is 9.08. The minimum absolute atomic E-state index is 0.0215. The minimum Gasteiger partial charge on any atom is -0.490 e. The molecule has 1 aliphatic rings. The summed E-state index contributed by atoms with van der Waals surface area (Å²) in [5.74, 6) is -0.700. The molecular formula is C26H40O9. The van der Waals surface area contributed by atoms with Crippen LogP contribution in [0.3, 0.4) is 0 Å². The fraction of sp³-hybridized carbons (Fsp3) is 0.615. The molecule has 0 radical (unpaired) electrons. The second-order valence-electron chi connectivity index (χ2n) is 8.72. The van der Waals surface area contributed by atoms with Gasteiger partial charge in [0, 0.05) is 13.0 Å². The van der Waals surface area contributed by atoms with Crippen molar-refractivity contribution in [2.45, 2.75) is 84.0 Å². The van der Waals surface area contributed by atoms with Crippen molar-refractivity contribution in [1.82, 2.24) is 0 Å². The number of carbonyl (C=O) groups is 4. The molecule has 0 spiro atoms. The summed E-state index contributed by atoms with van der Waals surface area (Å²) in [4.78, 5) is 43.6. The monoisotopic (exact) mass is 496 g/mol. The van der Waals surface area contributed by atoms with E-state index < -0.39 is 28.4 Å². The maximum absolute atomic E-state index is 11.0. The molecule has 1 saturated heterocycles. The van der Waals surface area contributed by atoms with Gasteiger partial charge in [-0.2, -0.15) is 0 Å². The molecule has 0 amide bonds. The van der Waals surface area contributed by atoms with Gasteiger partial charge in [-0.3, -0.25) is 19.2 Å². The third kappa shape index (κ3) is 10.8. The first-order valence-corrected chi connectivity index (χ1v) is 11.7. The number of benzene rings is 1. The fourth-order valence-corrected chi connectivity index (χ4v) is 2.83. The van der Waals surface area contributed by atoms with Crippen LogP contribution in [0.2, 0.25) is 0 Å².